The van der Waals surface area contributed by atoms with Crippen LogP contribution in [0, 0.1) is 15.9 Å². The lowest BCUT2D eigenvalue weighted by Crippen LogP contribution is -2.36. The van der Waals surface area contributed by atoms with Crippen LogP contribution < -0.4 is 0 Å². The number of benzene rings is 1. The first-order chi connectivity index (χ1) is 9.51. The summed E-state index contributed by atoms with van der Waals surface area (Å²) >= 11 is 5.60. The van der Waals surface area contributed by atoms with E-state index in [2.05, 4.69) is 0 Å². The highest BCUT2D eigenvalue weighted by Gasteiger charge is 2.21. The van der Waals surface area contributed by atoms with Crippen LogP contribution in [-0.4, -0.2) is 48.4 Å². The molecule has 0 aliphatic carbocycles. The number of nitro benzene ring substituents is 1. The molecule has 0 aromatic heterocycles. The topological polar surface area (TPSA) is 72.7 Å². The molecule has 0 saturated heterocycles. The molecule has 0 fully saturated rings. The van der Waals surface area contributed by atoms with Gasteiger partial charge in [-0.25, -0.2) is 4.39 Å². The van der Waals surface area contributed by atoms with Crippen molar-refractivity contribution in [1.29, 1.82) is 0 Å². The summed E-state index contributed by atoms with van der Waals surface area (Å²) in [4.78, 5) is 23.3. The standard InChI is InChI=1S/C12H14ClFN2O4/c1-20-7-6-15(5-4-13)12(17)10-3-2-9(16(18)19)8-11(10)14/h2-3,8H,4-7H2,1H3. The molecule has 0 unspecified atom stereocenters. The van der Waals surface area contributed by atoms with Gasteiger partial charge >= 0.3 is 0 Å². The predicted molar refractivity (Wildman–Crippen MR) is 71.6 cm³/mol. The Kier molecular flexibility index (Phi) is 6.33. The Labute approximate surface area is 120 Å². The fourth-order valence-corrected chi connectivity index (χ4v) is 1.78. The number of ether oxygens (including phenoxy) is 1. The number of hydrogen-bond donors (Lipinski definition) is 0. The van der Waals surface area contributed by atoms with Crippen LogP contribution in [0.3, 0.4) is 0 Å². The number of methoxy groups -OCH3 is 1. The zero-order valence-corrected chi connectivity index (χ0v) is 11.6. The molecule has 1 aromatic rings. The monoisotopic (exact) mass is 304 g/mol. The van der Waals surface area contributed by atoms with E-state index in [1.807, 2.05) is 0 Å². The first kappa shape index (κ1) is 16.3. The van der Waals surface area contributed by atoms with Gasteiger partial charge in [-0.1, -0.05) is 0 Å². The van der Waals surface area contributed by atoms with Gasteiger partial charge in [-0.3, -0.25) is 14.9 Å². The van der Waals surface area contributed by atoms with Crippen molar-refractivity contribution in [1.82, 2.24) is 4.90 Å². The molecule has 20 heavy (non-hydrogen) atoms. The Balaban J connectivity index is 2.96. The quantitative estimate of drug-likeness (QED) is 0.439. The van der Waals surface area contributed by atoms with E-state index < -0.39 is 22.3 Å². The average Bonchev–Trinajstić information content (AvgIpc) is 2.42. The second-order valence-corrected chi connectivity index (χ2v) is 4.27. The third kappa shape index (κ3) is 4.14. The molecular formula is C12H14ClFN2O4. The molecule has 1 aromatic carbocycles. The van der Waals surface area contributed by atoms with Crippen molar-refractivity contribution in [3.63, 3.8) is 0 Å². The van der Waals surface area contributed by atoms with Crippen LogP contribution in [0.5, 0.6) is 0 Å². The fourth-order valence-electron chi connectivity index (χ4n) is 1.58. The molecule has 0 aliphatic heterocycles. The third-order valence-electron chi connectivity index (χ3n) is 2.60. The number of alkyl halides is 1. The van der Waals surface area contributed by atoms with E-state index in [4.69, 9.17) is 16.3 Å². The first-order valence-corrected chi connectivity index (χ1v) is 6.32. The minimum absolute atomic E-state index is 0.198. The average molecular weight is 305 g/mol. The maximum Gasteiger partial charge on any atom is 0.272 e. The lowest BCUT2D eigenvalue weighted by atomic mass is 10.1. The largest absolute Gasteiger partial charge is 0.383 e. The van der Waals surface area contributed by atoms with Crippen molar-refractivity contribution < 1.29 is 18.8 Å². The molecule has 1 rings (SSSR count). The van der Waals surface area contributed by atoms with Crippen molar-refractivity contribution >= 4 is 23.2 Å². The van der Waals surface area contributed by atoms with Gasteiger partial charge in [-0.2, -0.15) is 0 Å². The Morgan fingerprint density at radius 3 is 2.70 bits per heavy atom. The van der Waals surface area contributed by atoms with Crippen LogP contribution in [0.4, 0.5) is 10.1 Å². The van der Waals surface area contributed by atoms with Gasteiger partial charge in [0, 0.05) is 32.1 Å². The Bertz CT molecular complexity index is 498. The van der Waals surface area contributed by atoms with Gasteiger partial charge in [-0.15, -0.1) is 11.6 Å². The number of amides is 1. The molecule has 0 aliphatic rings. The lowest BCUT2D eigenvalue weighted by molar-refractivity contribution is -0.385. The number of hydrogen-bond acceptors (Lipinski definition) is 4. The maximum absolute atomic E-state index is 13.8. The summed E-state index contributed by atoms with van der Waals surface area (Å²) in [7, 11) is 1.48. The summed E-state index contributed by atoms with van der Waals surface area (Å²) in [5.41, 5.74) is -0.628. The third-order valence-corrected chi connectivity index (χ3v) is 2.77. The van der Waals surface area contributed by atoms with E-state index in [1.165, 1.54) is 12.0 Å². The van der Waals surface area contributed by atoms with Crippen molar-refractivity contribution in [2.75, 3.05) is 32.7 Å². The molecule has 0 N–H and O–H groups in total. The van der Waals surface area contributed by atoms with E-state index in [9.17, 15) is 19.3 Å². The maximum atomic E-state index is 13.8. The van der Waals surface area contributed by atoms with Crippen molar-refractivity contribution in [2.45, 2.75) is 0 Å². The molecule has 0 atom stereocenters. The molecule has 0 radical (unpaired) electrons. The van der Waals surface area contributed by atoms with Crippen LogP contribution in [0.2, 0.25) is 0 Å². The summed E-state index contributed by atoms with van der Waals surface area (Å²) in [6.07, 6.45) is 0. The molecule has 0 bridgehead atoms. The number of halogens is 2. The molecule has 1 amide bonds. The molecule has 0 spiro atoms. The van der Waals surface area contributed by atoms with E-state index in [0.717, 1.165) is 18.2 Å². The van der Waals surface area contributed by atoms with Crippen molar-refractivity contribution in [3.05, 3.63) is 39.7 Å². The van der Waals surface area contributed by atoms with Gasteiger partial charge in [0.1, 0.15) is 5.82 Å². The van der Waals surface area contributed by atoms with Gasteiger partial charge < -0.3 is 9.64 Å². The minimum Gasteiger partial charge on any atom is -0.383 e. The summed E-state index contributed by atoms with van der Waals surface area (Å²) in [5.74, 6) is -1.30. The van der Waals surface area contributed by atoms with Crippen LogP contribution in [-0.2, 0) is 4.74 Å². The predicted octanol–water partition coefficient (Wildman–Crippen LogP) is 2.06. The SMILES string of the molecule is COCCN(CCCl)C(=O)c1ccc([N+](=O)[O-])cc1F. The van der Waals surface area contributed by atoms with Gasteiger partial charge in [-0.05, 0) is 6.07 Å². The highest BCUT2D eigenvalue weighted by atomic mass is 35.5. The second kappa shape index (κ2) is 7.76. The van der Waals surface area contributed by atoms with E-state index in [0.29, 0.717) is 0 Å². The highest BCUT2D eigenvalue weighted by Crippen LogP contribution is 2.18. The molecule has 0 saturated carbocycles. The Hall–Kier alpha value is -1.73. The number of carbonyl (C=O) groups is 1. The lowest BCUT2D eigenvalue weighted by Gasteiger charge is -2.21. The number of nitro groups is 1. The zero-order chi connectivity index (χ0) is 15.1. The second-order valence-electron chi connectivity index (χ2n) is 3.90. The van der Waals surface area contributed by atoms with Crippen LogP contribution in [0.15, 0.2) is 18.2 Å². The van der Waals surface area contributed by atoms with Gasteiger partial charge in [0.05, 0.1) is 23.2 Å². The molecule has 8 heteroatoms. The molecule has 0 heterocycles. The number of carbonyl (C=O) groups excluding carboxylic acids is 1. The Morgan fingerprint density at radius 1 is 1.50 bits per heavy atom. The number of rotatable bonds is 7. The smallest absolute Gasteiger partial charge is 0.272 e. The van der Waals surface area contributed by atoms with Gasteiger partial charge in [0.25, 0.3) is 11.6 Å². The normalized spacial score (nSPS) is 10.3. The van der Waals surface area contributed by atoms with Crippen LogP contribution in [0.1, 0.15) is 10.4 Å². The molecule has 110 valence electrons. The summed E-state index contributed by atoms with van der Waals surface area (Å²) in [6.45, 7) is 0.788. The van der Waals surface area contributed by atoms with Gasteiger partial charge in [0.2, 0.25) is 0 Å². The zero-order valence-electron chi connectivity index (χ0n) is 10.8. The first-order valence-electron chi connectivity index (χ1n) is 5.79. The number of nitrogens with zero attached hydrogens (tertiary/aromatic N) is 2. The fraction of sp³-hybridized carbons (Fsp3) is 0.417. The minimum atomic E-state index is -0.929. The van der Waals surface area contributed by atoms with E-state index in [1.54, 1.807) is 0 Å². The van der Waals surface area contributed by atoms with E-state index >= 15 is 0 Å². The van der Waals surface area contributed by atoms with Crippen molar-refractivity contribution in [2.24, 2.45) is 0 Å². The van der Waals surface area contributed by atoms with Gasteiger partial charge in [0.15, 0.2) is 0 Å². The van der Waals surface area contributed by atoms with Crippen LogP contribution >= 0.6 is 11.6 Å². The van der Waals surface area contributed by atoms with Crippen LogP contribution in [0.25, 0.3) is 0 Å². The Morgan fingerprint density at radius 2 is 2.20 bits per heavy atom. The number of non-ortho nitro benzene ring substituents is 1. The molecule has 6 nitrogen and oxygen atoms in total. The van der Waals surface area contributed by atoms with Crippen molar-refractivity contribution in [3.8, 4) is 0 Å². The summed E-state index contributed by atoms with van der Waals surface area (Å²) in [5, 5.41) is 10.5. The van der Waals surface area contributed by atoms with E-state index in [-0.39, 0.29) is 31.1 Å². The summed E-state index contributed by atoms with van der Waals surface area (Å²) in [6, 6.07) is 2.91. The summed E-state index contributed by atoms with van der Waals surface area (Å²) < 4.78 is 18.6. The highest BCUT2D eigenvalue weighted by molar-refractivity contribution is 6.18. The molecular weight excluding hydrogens is 291 g/mol.